The second-order valence-electron chi connectivity index (χ2n) is 19.3. The monoisotopic (exact) mass is 900 g/mol. The summed E-state index contributed by atoms with van der Waals surface area (Å²) in [5.74, 6) is -0.0785. The number of ether oxygens (including phenoxy) is 1. The molecular weight excluding hydrogens is 791 g/mol. The Kier molecular flexibility index (Phi) is 52.1. The molecule has 0 aromatic carbocycles. The summed E-state index contributed by atoms with van der Waals surface area (Å²) in [6, 6.07) is -0.632. The number of unbranched alkanes of at least 4 members (excludes halogenated alkanes) is 37. The number of allylic oxidation sites excluding steroid dienone is 5. The van der Waals surface area contributed by atoms with Gasteiger partial charge < -0.3 is 20.3 Å². The van der Waals surface area contributed by atoms with Crippen LogP contribution in [0.1, 0.15) is 296 Å². The molecule has 0 heterocycles. The van der Waals surface area contributed by atoms with Crippen LogP contribution in [-0.4, -0.2) is 47.4 Å². The second-order valence-corrected chi connectivity index (χ2v) is 19.3. The van der Waals surface area contributed by atoms with Crippen molar-refractivity contribution >= 4 is 11.9 Å². The summed E-state index contributed by atoms with van der Waals surface area (Å²) in [6.07, 6.45) is 66.0. The van der Waals surface area contributed by atoms with Gasteiger partial charge in [-0.2, -0.15) is 0 Å². The molecule has 0 aliphatic carbocycles. The highest BCUT2D eigenvalue weighted by Crippen LogP contribution is 2.15. The SMILES string of the molecule is CCCCCCCCC/C=C\CCCCCCCC(=O)OCCCCCCCCCCCC/C=C\CCCCCCCCCC(=O)NC(CO)C(O)/C=C/CCCCCCCCCC. The van der Waals surface area contributed by atoms with E-state index in [2.05, 4.69) is 43.5 Å². The van der Waals surface area contributed by atoms with Crippen molar-refractivity contribution in [3.8, 4) is 0 Å². The van der Waals surface area contributed by atoms with Gasteiger partial charge in [0.2, 0.25) is 5.91 Å². The van der Waals surface area contributed by atoms with Crippen molar-refractivity contribution in [3.63, 3.8) is 0 Å². The van der Waals surface area contributed by atoms with Gasteiger partial charge in [0.25, 0.3) is 0 Å². The molecule has 0 fully saturated rings. The van der Waals surface area contributed by atoms with Gasteiger partial charge in [-0.1, -0.05) is 237 Å². The molecule has 64 heavy (non-hydrogen) atoms. The van der Waals surface area contributed by atoms with E-state index in [9.17, 15) is 19.8 Å². The van der Waals surface area contributed by atoms with Gasteiger partial charge in [0.15, 0.2) is 0 Å². The largest absolute Gasteiger partial charge is 0.466 e. The van der Waals surface area contributed by atoms with E-state index in [0.717, 1.165) is 51.4 Å². The van der Waals surface area contributed by atoms with E-state index in [1.54, 1.807) is 6.08 Å². The Morgan fingerprint density at radius 2 is 0.734 bits per heavy atom. The molecule has 0 rings (SSSR count). The molecule has 0 radical (unpaired) electrons. The predicted molar refractivity (Wildman–Crippen MR) is 278 cm³/mol. The lowest BCUT2D eigenvalue weighted by Crippen LogP contribution is -2.45. The molecule has 0 saturated carbocycles. The third kappa shape index (κ3) is 49.5. The molecule has 0 spiro atoms. The standard InChI is InChI=1S/C58H109NO5/c1-3-5-7-9-11-13-15-16-17-26-29-32-36-40-44-48-52-58(63)64-53-49-45-41-37-33-30-27-24-22-20-18-19-21-23-25-28-31-35-39-43-47-51-57(62)59-55(54-60)56(61)50-46-42-38-34-14-12-10-8-6-4-2/h17,19,21,26,46,50,55-56,60-61H,3-16,18,20,22-25,27-45,47-49,51-54H2,1-2H3,(H,59,62)/b21-19-,26-17-,50-46+. The molecule has 3 N–H and O–H groups in total. The first-order valence-electron chi connectivity index (χ1n) is 28.3. The zero-order chi connectivity index (χ0) is 46.5. The Labute approximate surface area is 398 Å². The van der Waals surface area contributed by atoms with Crippen molar-refractivity contribution in [2.45, 2.75) is 309 Å². The van der Waals surface area contributed by atoms with Gasteiger partial charge in [0.1, 0.15) is 0 Å². The molecule has 376 valence electrons. The molecule has 0 saturated heterocycles. The number of hydrogen-bond donors (Lipinski definition) is 3. The summed E-state index contributed by atoms with van der Waals surface area (Å²) in [7, 11) is 0. The van der Waals surface area contributed by atoms with Crippen LogP contribution in [0.4, 0.5) is 0 Å². The summed E-state index contributed by atoms with van der Waals surface area (Å²) in [5.41, 5.74) is 0. The quantitative estimate of drug-likeness (QED) is 0.0321. The van der Waals surface area contributed by atoms with E-state index in [4.69, 9.17) is 4.74 Å². The zero-order valence-electron chi connectivity index (χ0n) is 42.8. The van der Waals surface area contributed by atoms with Crippen molar-refractivity contribution in [1.29, 1.82) is 0 Å². The average Bonchev–Trinajstić information content (AvgIpc) is 3.29. The molecule has 2 atom stereocenters. The summed E-state index contributed by atoms with van der Waals surface area (Å²) < 4.78 is 5.48. The summed E-state index contributed by atoms with van der Waals surface area (Å²) in [5, 5.41) is 22.9. The first-order valence-corrected chi connectivity index (χ1v) is 28.3. The van der Waals surface area contributed by atoms with Crippen LogP contribution in [-0.2, 0) is 14.3 Å². The van der Waals surface area contributed by atoms with Crippen LogP contribution in [0.25, 0.3) is 0 Å². The Morgan fingerprint density at radius 3 is 1.11 bits per heavy atom. The highest BCUT2D eigenvalue weighted by atomic mass is 16.5. The first-order chi connectivity index (χ1) is 31.5. The Hall–Kier alpha value is -1.92. The van der Waals surface area contributed by atoms with Crippen molar-refractivity contribution < 1.29 is 24.5 Å². The average molecular weight is 901 g/mol. The third-order valence-corrected chi connectivity index (χ3v) is 12.9. The lowest BCUT2D eigenvalue weighted by molar-refractivity contribution is -0.143. The predicted octanol–water partition coefficient (Wildman–Crippen LogP) is 17.2. The maximum absolute atomic E-state index is 12.4. The van der Waals surface area contributed by atoms with Gasteiger partial charge >= 0.3 is 5.97 Å². The van der Waals surface area contributed by atoms with E-state index in [0.29, 0.717) is 19.4 Å². The maximum atomic E-state index is 12.4. The minimum absolute atomic E-state index is 0.000311. The van der Waals surface area contributed by atoms with Crippen LogP contribution in [0.2, 0.25) is 0 Å². The number of carbonyl (C=O) groups is 2. The number of nitrogens with one attached hydrogen (secondary N) is 1. The molecule has 0 aromatic heterocycles. The molecule has 6 heteroatoms. The van der Waals surface area contributed by atoms with Crippen LogP contribution < -0.4 is 5.32 Å². The van der Waals surface area contributed by atoms with E-state index in [1.807, 2.05) is 6.08 Å². The minimum Gasteiger partial charge on any atom is -0.466 e. The summed E-state index contributed by atoms with van der Waals surface area (Å²) in [4.78, 5) is 24.4. The van der Waals surface area contributed by atoms with Gasteiger partial charge in [-0.05, 0) is 83.5 Å². The topological polar surface area (TPSA) is 95.9 Å². The van der Waals surface area contributed by atoms with Gasteiger partial charge in [0, 0.05) is 12.8 Å². The molecule has 0 aliphatic rings. The van der Waals surface area contributed by atoms with Crippen LogP contribution in [0.15, 0.2) is 36.5 Å². The van der Waals surface area contributed by atoms with Crippen LogP contribution in [0.3, 0.4) is 0 Å². The van der Waals surface area contributed by atoms with Gasteiger partial charge in [0.05, 0.1) is 25.4 Å². The third-order valence-electron chi connectivity index (χ3n) is 12.9. The summed E-state index contributed by atoms with van der Waals surface area (Å²) >= 11 is 0. The number of esters is 1. The number of hydrogen-bond acceptors (Lipinski definition) is 5. The van der Waals surface area contributed by atoms with Crippen molar-refractivity contribution in [2.75, 3.05) is 13.2 Å². The highest BCUT2D eigenvalue weighted by molar-refractivity contribution is 5.76. The number of amides is 1. The van der Waals surface area contributed by atoms with Gasteiger partial charge in [-0.3, -0.25) is 9.59 Å². The number of aliphatic hydroxyl groups is 2. The van der Waals surface area contributed by atoms with E-state index in [1.165, 1.54) is 218 Å². The molecular formula is C58H109NO5. The van der Waals surface area contributed by atoms with Gasteiger partial charge in [-0.25, -0.2) is 0 Å². The smallest absolute Gasteiger partial charge is 0.305 e. The van der Waals surface area contributed by atoms with Crippen LogP contribution >= 0.6 is 0 Å². The van der Waals surface area contributed by atoms with Crippen molar-refractivity contribution in [2.24, 2.45) is 0 Å². The van der Waals surface area contributed by atoms with Gasteiger partial charge in [-0.15, -0.1) is 0 Å². The Morgan fingerprint density at radius 1 is 0.422 bits per heavy atom. The highest BCUT2D eigenvalue weighted by Gasteiger charge is 2.18. The Balaban J connectivity index is 3.42. The fraction of sp³-hybridized carbons (Fsp3) is 0.862. The minimum atomic E-state index is -0.847. The maximum Gasteiger partial charge on any atom is 0.305 e. The number of aliphatic hydroxyl groups excluding tert-OH is 2. The molecule has 0 aromatic rings. The molecule has 0 aliphatic heterocycles. The lowest BCUT2D eigenvalue weighted by Gasteiger charge is -2.20. The molecule has 0 bridgehead atoms. The fourth-order valence-corrected chi connectivity index (χ4v) is 8.50. The van der Waals surface area contributed by atoms with E-state index >= 15 is 0 Å². The van der Waals surface area contributed by atoms with Crippen LogP contribution in [0.5, 0.6) is 0 Å². The van der Waals surface area contributed by atoms with E-state index in [-0.39, 0.29) is 18.5 Å². The van der Waals surface area contributed by atoms with E-state index < -0.39 is 12.1 Å². The summed E-state index contributed by atoms with van der Waals surface area (Å²) in [6.45, 7) is 4.87. The second kappa shape index (κ2) is 53.7. The normalized spacial score (nSPS) is 12.9. The zero-order valence-corrected chi connectivity index (χ0v) is 42.8. The number of rotatable bonds is 52. The Bertz CT molecular complexity index is 1040. The van der Waals surface area contributed by atoms with Crippen molar-refractivity contribution in [1.82, 2.24) is 5.32 Å². The molecule has 1 amide bonds. The molecule has 6 nitrogen and oxygen atoms in total. The van der Waals surface area contributed by atoms with Crippen molar-refractivity contribution in [3.05, 3.63) is 36.5 Å². The number of carbonyl (C=O) groups excluding carboxylic acids is 2. The van der Waals surface area contributed by atoms with Crippen LogP contribution in [0, 0.1) is 0 Å². The lowest BCUT2D eigenvalue weighted by atomic mass is 10.0. The fourth-order valence-electron chi connectivity index (χ4n) is 8.50. The first kappa shape index (κ1) is 62.1. The molecule has 2 unspecified atom stereocenters.